The highest BCUT2D eigenvalue weighted by atomic mass is 19.1. The Labute approximate surface area is 69.6 Å². The van der Waals surface area contributed by atoms with E-state index in [1.54, 1.807) is 0 Å². The molecule has 60 valence electrons. The molecule has 0 saturated carbocycles. The Hall–Kier alpha value is -1.56. The number of benzene rings is 1. The monoisotopic (exact) mass is 162 g/mol. The summed E-state index contributed by atoms with van der Waals surface area (Å²) in [5.41, 5.74) is 2.12. The fourth-order valence-electron chi connectivity index (χ4n) is 1.48. The highest BCUT2D eigenvalue weighted by Gasteiger charge is 2.15. The van der Waals surface area contributed by atoms with Crippen molar-refractivity contribution in [2.24, 2.45) is 0 Å². The number of rotatable bonds is 0. The zero-order valence-corrected chi connectivity index (χ0v) is 6.39. The second kappa shape index (κ2) is 2.49. The number of nitrogens with zero attached hydrogens (tertiary/aromatic N) is 1. The Morgan fingerprint density at radius 3 is 3.08 bits per heavy atom. The first-order valence-electron chi connectivity index (χ1n) is 3.77. The first kappa shape index (κ1) is 7.11. The van der Waals surface area contributed by atoms with Gasteiger partial charge in [0.25, 0.3) is 0 Å². The fourth-order valence-corrected chi connectivity index (χ4v) is 1.48. The molecule has 0 aromatic heterocycles. The molecule has 0 unspecified atom stereocenters. The van der Waals surface area contributed by atoms with Gasteiger partial charge in [-0.25, -0.2) is 4.39 Å². The molecule has 1 aliphatic rings. The van der Waals surface area contributed by atoms with Crippen LogP contribution < -0.4 is 5.32 Å². The van der Waals surface area contributed by atoms with Crippen LogP contribution >= 0.6 is 0 Å². The summed E-state index contributed by atoms with van der Waals surface area (Å²) in [7, 11) is 0. The van der Waals surface area contributed by atoms with E-state index in [9.17, 15) is 4.39 Å². The average Bonchev–Trinajstić information content (AvgIpc) is 2.50. The smallest absolute Gasteiger partial charge is 0.124 e. The minimum absolute atomic E-state index is 0.325. The van der Waals surface area contributed by atoms with Gasteiger partial charge in [-0.05, 0) is 24.1 Å². The molecule has 0 spiro atoms. The van der Waals surface area contributed by atoms with Crippen molar-refractivity contribution in [2.75, 3.05) is 11.9 Å². The van der Waals surface area contributed by atoms with Gasteiger partial charge in [0.15, 0.2) is 0 Å². The summed E-state index contributed by atoms with van der Waals surface area (Å²) in [6.07, 6.45) is 0.807. The molecule has 0 atom stereocenters. The number of hydrogen-bond donors (Lipinski definition) is 1. The largest absolute Gasteiger partial charge is 0.383 e. The van der Waals surface area contributed by atoms with E-state index < -0.39 is 0 Å². The number of hydrogen-bond acceptors (Lipinski definition) is 2. The molecule has 0 fully saturated rings. The summed E-state index contributed by atoms with van der Waals surface area (Å²) in [5.74, 6) is -0.325. The molecule has 0 radical (unpaired) electrons. The number of nitrogens with one attached hydrogen (secondary N) is 1. The van der Waals surface area contributed by atoms with Gasteiger partial charge in [-0.15, -0.1) is 0 Å². The minimum atomic E-state index is -0.325. The summed E-state index contributed by atoms with van der Waals surface area (Å²) in [6.45, 7) is 0.799. The van der Waals surface area contributed by atoms with Crippen LogP contribution in [-0.2, 0) is 6.42 Å². The summed E-state index contributed by atoms with van der Waals surface area (Å²) in [6, 6.07) is 4.71. The molecule has 0 bridgehead atoms. The lowest BCUT2D eigenvalue weighted by Crippen LogP contribution is -1.93. The van der Waals surface area contributed by atoms with Gasteiger partial charge in [0.1, 0.15) is 11.9 Å². The van der Waals surface area contributed by atoms with E-state index in [4.69, 9.17) is 5.26 Å². The first-order chi connectivity index (χ1) is 5.81. The normalized spacial score (nSPS) is 13.3. The van der Waals surface area contributed by atoms with Crippen molar-refractivity contribution in [2.45, 2.75) is 6.42 Å². The Morgan fingerprint density at radius 1 is 1.50 bits per heavy atom. The van der Waals surface area contributed by atoms with Gasteiger partial charge < -0.3 is 5.32 Å². The van der Waals surface area contributed by atoms with Crippen molar-refractivity contribution in [1.82, 2.24) is 0 Å². The summed E-state index contributed by atoms with van der Waals surface area (Å²) in [5, 5.41) is 11.7. The van der Waals surface area contributed by atoms with Crippen LogP contribution in [0.3, 0.4) is 0 Å². The third-order valence-electron chi connectivity index (χ3n) is 2.00. The van der Waals surface area contributed by atoms with Crippen LogP contribution in [0.5, 0.6) is 0 Å². The summed E-state index contributed by atoms with van der Waals surface area (Å²) >= 11 is 0. The lowest BCUT2D eigenvalue weighted by molar-refractivity contribution is 0.626. The Balaban J connectivity index is 2.64. The van der Waals surface area contributed by atoms with E-state index in [-0.39, 0.29) is 5.82 Å². The maximum atomic E-state index is 12.8. The molecule has 1 aliphatic heterocycles. The van der Waals surface area contributed by atoms with Crippen LogP contribution in [0.15, 0.2) is 12.1 Å². The van der Waals surface area contributed by atoms with E-state index in [0.29, 0.717) is 5.56 Å². The van der Waals surface area contributed by atoms with Crippen LogP contribution in [0.1, 0.15) is 11.1 Å². The standard InChI is InChI=1S/C9H7FN2/c10-8-3-6-1-2-12-9(6)7(4-8)5-11/h3-4,12H,1-2H2. The van der Waals surface area contributed by atoms with E-state index in [0.717, 1.165) is 24.2 Å². The average molecular weight is 162 g/mol. The third kappa shape index (κ3) is 0.928. The molecule has 3 heteroatoms. The SMILES string of the molecule is N#Cc1cc(F)cc2c1NCC2. The lowest BCUT2D eigenvalue weighted by Gasteiger charge is -2.01. The minimum Gasteiger partial charge on any atom is -0.383 e. The zero-order valence-electron chi connectivity index (χ0n) is 6.39. The predicted octanol–water partition coefficient (Wildman–Crippen LogP) is 1.67. The molecule has 2 rings (SSSR count). The van der Waals surface area contributed by atoms with Gasteiger partial charge in [-0.1, -0.05) is 0 Å². The molecule has 1 aromatic carbocycles. The van der Waals surface area contributed by atoms with E-state index >= 15 is 0 Å². The number of fused-ring (bicyclic) bond motifs is 1. The van der Waals surface area contributed by atoms with E-state index in [2.05, 4.69) is 5.32 Å². The van der Waals surface area contributed by atoms with E-state index in [1.165, 1.54) is 12.1 Å². The van der Waals surface area contributed by atoms with Gasteiger partial charge in [-0.3, -0.25) is 0 Å². The van der Waals surface area contributed by atoms with Gasteiger partial charge in [0, 0.05) is 6.54 Å². The van der Waals surface area contributed by atoms with Gasteiger partial charge in [-0.2, -0.15) is 5.26 Å². The van der Waals surface area contributed by atoms with Crippen LogP contribution in [0, 0.1) is 17.1 Å². The molecule has 1 aromatic rings. The molecule has 0 amide bonds. The third-order valence-corrected chi connectivity index (χ3v) is 2.00. The van der Waals surface area contributed by atoms with Crippen molar-refractivity contribution in [3.63, 3.8) is 0 Å². The van der Waals surface area contributed by atoms with Crippen molar-refractivity contribution < 1.29 is 4.39 Å². The maximum Gasteiger partial charge on any atom is 0.124 e. The van der Waals surface area contributed by atoms with Crippen molar-refractivity contribution in [3.8, 4) is 6.07 Å². The molecule has 1 N–H and O–H groups in total. The maximum absolute atomic E-state index is 12.8. The number of nitriles is 1. The quantitative estimate of drug-likeness (QED) is 0.629. The lowest BCUT2D eigenvalue weighted by atomic mass is 10.1. The molecule has 1 heterocycles. The summed E-state index contributed by atoms with van der Waals surface area (Å²) < 4.78 is 12.8. The molecular weight excluding hydrogens is 155 g/mol. The Morgan fingerprint density at radius 2 is 2.33 bits per heavy atom. The van der Waals surface area contributed by atoms with Crippen LogP contribution in [0.4, 0.5) is 10.1 Å². The molecule has 0 aliphatic carbocycles. The van der Waals surface area contributed by atoms with Crippen molar-refractivity contribution in [1.29, 1.82) is 5.26 Å². The van der Waals surface area contributed by atoms with Gasteiger partial charge >= 0.3 is 0 Å². The van der Waals surface area contributed by atoms with Crippen LogP contribution in [-0.4, -0.2) is 6.54 Å². The van der Waals surface area contributed by atoms with Gasteiger partial charge in [0.05, 0.1) is 11.3 Å². The van der Waals surface area contributed by atoms with Gasteiger partial charge in [0.2, 0.25) is 0 Å². The molecule has 12 heavy (non-hydrogen) atoms. The van der Waals surface area contributed by atoms with Crippen molar-refractivity contribution in [3.05, 3.63) is 29.1 Å². The van der Waals surface area contributed by atoms with E-state index in [1.807, 2.05) is 6.07 Å². The molecular formula is C9H7FN2. The summed E-state index contributed by atoms with van der Waals surface area (Å²) in [4.78, 5) is 0. The second-order valence-corrected chi connectivity index (χ2v) is 2.78. The Bertz CT molecular complexity index is 366. The highest BCUT2D eigenvalue weighted by Crippen LogP contribution is 2.26. The van der Waals surface area contributed by atoms with Crippen LogP contribution in [0.2, 0.25) is 0 Å². The zero-order chi connectivity index (χ0) is 8.55. The van der Waals surface area contributed by atoms with Crippen LogP contribution in [0.25, 0.3) is 0 Å². The highest BCUT2D eigenvalue weighted by molar-refractivity contribution is 5.65. The molecule has 2 nitrogen and oxygen atoms in total. The number of halogens is 1. The first-order valence-corrected chi connectivity index (χ1v) is 3.77. The Kier molecular flexibility index (Phi) is 1.47. The topological polar surface area (TPSA) is 35.8 Å². The van der Waals surface area contributed by atoms with Crippen molar-refractivity contribution >= 4 is 5.69 Å². The second-order valence-electron chi connectivity index (χ2n) is 2.78. The molecule has 0 saturated heterocycles. The fraction of sp³-hybridized carbons (Fsp3) is 0.222. The number of anilines is 1. The predicted molar refractivity (Wildman–Crippen MR) is 43.3 cm³/mol.